The van der Waals surface area contributed by atoms with E-state index in [2.05, 4.69) is 25.2 Å². The van der Waals surface area contributed by atoms with E-state index in [-0.39, 0.29) is 5.92 Å². The lowest BCUT2D eigenvalue weighted by Crippen LogP contribution is -2.30. The van der Waals surface area contributed by atoms with Crippen LogP contribution in [0.3, 0.4) is 0 Å². The fourth-order valence-corrected chi connectivity index (χ4v) is 2.00. The molecule has 0 aromatic carbocycles. The first-order valence-electron chi connectivity index (χ1n) is 5.16. The number of nitrogens with zero attached hydrogens (tertiary/aromatic N) is 1. The van der Waals surface area contributed by atoms with E-state index in [1.54, 1.807) is 0 Å². The third kappa shape index (κ3) is 3.36. The highest BCUT2D eigenvalue weighted by Gasteiger charge is 2.30. The van der Waals surface area contributed by atoms with Crippen molar-refractivity contribution in [1.82, 2.24) is 5.32 Å². The van der Waals surface area contributed by atoms with Crippen LogP contribution in [0.5, 0.6) is 0 Å². The maximum absolute atomic E-state index is 8.62. The third-order valence-electron chi connectivity index (χ3n) is 2.90. The van der Waals surface area contributed by atoms with Gasteiger partial charge in [0.2, 0.25) is 0 Å². The number of nitrogens with one attached hydrogen (secondary N) is 1. The zero-order valence-corrected chi connectivity index (χ0v) is 8.93. The minimum atomic E-state index is 0.142. The van der Waals surface area contributed by atoms with Crippen molar-refractivity contribution in [2.45, 2.75) is 46.1 Å². The van der Waals surface area contributed by atoms with Crippen LogP contribution in [0.2, 0.25) is 0 Å². The van der Waals surface area contributed by atoms with Crippen molar-refractivity contribution in [1.29, 1.82) is 5.26 Å². The first-order chi connectivity index (χ1) is 6.03. The van der Waals surface area contributed by atoms with E-state index in [9.17, 15) is 0 Å². The average molecular weight is 180 g/mol. The van der Waals surface area contributed by atoms with Gasteiger partial charge in [0.1, 0.15) is 0 Å². The molecule has 74 valence electrons. The third-order valence-corrected chi connectivity index (χ3v) is 2.90. The second-order valence-electron chi connectivity index (χ2n) is 5.04. The van der Waals surface area contributed by atoms with E-state index < -0.39 is 0 Å². The van der Waals surface area contributed by atoms with E-state index in [4.69, 9.17) is 5.26 Å². The van der Waals surface area contributed by atoms with E-state index in [0.717, 1.165) is 6.54 Å². The van der Waals surface area contributed by atoms with Gasteiger partial charge in [0, 0.05) is 12.6 Å². The molecular formula is C11H20N2. The summed E-state index contributed by atoms with van der Waals surface area (Å²) in [5.41, 5.74) is 0.507. The summed E-state index contributed by atoms with van der Waals surface area (Å²) in [5.74, 6) is 0.142. The predicted molar refractivity (Wildman–Crippen MR) is 54.2 cm³/mol. The molecule has 0 saturated heterocycles. The molecule has 1 N–H and O–H groups in total. The van der Waals surface area contributed by atoms with Gasteiger partial charge in [-0.05, 0) is 31.6 Å². The molecule has 2 heteroatoms. The summed E-state index contributed by atoms with van der Waals surface area (Å²) >= 11 is 0. The first kappa shape index (κ1) is 10.5. The van der Waals surface area contributed by atoms with Gasteiger partial charge in [-0.1, -0.05) is 13.8 Å². The molecule has 2 unspecified atom stereocenters. The highest BCUT2D eigenvalue weighted by molar-refractivity contribution is 4.88. The summed E-state index contributed by atoms with van der Waals surface area (Å²) in [4.78, 5) is 0. The molecule has 13 heavy (non-hydrogen) atoms. The average Bonchev–Trinajstić information content (AvgIpc) is 2.41. The monoisotopic (exact) mass is 180 g/mol. The number of rotatable bonds is 3. The fourth-order valence-electron chi connectivity index (χ4n) is 2.00. The predicted octanol–water partition coefficient (Wildman–Crippen LogP) is 2.31. The Labute approximate surface area is 81.3 Å². The number of nitriles is 1. The molecule has 0 aliphatic heterocycles. The van der Waals surface area contributed by atoms with E-state index in [0.29, 0.717) is 11.5 Å². The van der Waals surface area contributed by atoms with Crippen LogP contribution in [0.4, 0.5) is 0 Å². The van der Waals surface area contributed by atoms with Crippen molar-refractivity contribution in [2.75, 3.05) is 6.54 Å². The number of hydrogen-bond acceptors (Lipinski definition) is 2. The second kappa shape index (κ2) is 4.11. The molecule has 1 rings (SSSR count). The summed E-state index contributed by atoms with van der Waals surface area (Å²) in [6, 6.07) is 2.89. The highest BCUT2D eigenvalue weighted by Crippen LogP contribution is 2.36. The lowest BCUT2D eigenvalue weighted by atomic mass is 9.92. The summed E-state index contributed by atoms with van der Waals surface area (Å²) in [6.07, 6.45) is 3.84. The Morgan fingerprint density at radius 2 is 2.31 bits per heavy atom. The zero-order valence-electron chi connectivity index (χ0n) is 8.93. The maximum atomic E-state index is 8.62. The van der Waals surface area contributed by atoms with Crippen LogP contribution in [-0.4, -0.2) is 12.6 Å². The molecule has 2 nitrogen and oxygen atoms in total. The molecule has 0 spiro atoms. The van der Waals surface area contributed by atoms with Crippen molar-refractivity contribution >= 4 is 0 Å². The molecule has 0 radical (unpaired) electrons. The molecule has 0 amide bonds. The smallest absolute Gasteiger partial charge is 0.0666 e. The summed E-state index contributed by atoms with van der Waals surface area (Å²) in [6.45, 7) is 7.45. The Hall–Kier alpha value is -0.550. The van der Waals surface area contributed by atoms with Gasteiger partial charge < -0.3 is 5.32 Å². The molecule has 2 atom stereocenters. The van der Waals surface area contributed by atoms with Crippen molar-refractivity contribution in [3.63, 3.8) is 0 Å². The standard InChI is InChI=1S/C11H20N2/c1-9(7-12)8-13-10-4-5-11(2,3)6-10/h9-10,13H,4-6,8H2,1-3H3. The van der Waals surface area contributed by atoms with Crippen LogP contribution < -0.4 is 5.32 Å². The van der Waals surface area contributed by atoms with Gasteiger partial charge >= 0.3 is 0 Å². The first-order valence-corrected chi connectivity index (χ1v) is 5.16. The molecule has 0 heterocycles. The Balaban J connectivity index is 2.22. The minimum Gasteiger partial charge on any atom is -0.313 e. The van der Waals surface area contributed by atoms with Gasteiger partial charge in [0.25, 0.3) is 0 Å². The summed E-state index contributed by atoms with van der Waals surface area (Å²) in [7, 11) is 0. The van der Waals surface area contributed by atoms with Gasteiger partial charge in [-0.15, -0.1) is 0 Å². The van der Waals surface area contributed by atoms with Crippen molar-refractivity contribution in [3.8, 4) is 6.07 Å². The van der Waals surface area contributed by atoms with E-state index in [1.807, 2.05) is 6.92 Å². The second-order valence-corrected chi connectivity index (χ2v) is 5.04. The van der Waals surface area contributed by atoms with Crippen LogP contribution >= 0.6 is 0 Å². The quantitative estimate of drug-likeness (QED) is 0.723. The zero-order chi connectivity index (χ0) is 9.90. The molecule has 0 aromatic rings. The van der Waals surface area contributed by atoms with Crippen molar-refractivity contribution < 1.29 is 0 Å². The summed E-state index contributed by atoms with van der Waals surface area (Å²) in [5, 5.41) is 12.1. The van der Waals surface area contributed by atoms with Crippen LogP contribution in [0.1, 0.15) is 40.0 Å². The van der Waals surface area contributed by atoms with E-state index in [1.165, 1.54) is 19.3 Å². The van der Waals surface area contributed by atoms with Crippen LogP contribution in [0.15, 0.2) is 0 Å². The maximum Gasteiger partial charge on any atom is 0.0666 e. The number of hydrogen-bond donors (Lipinski definition) is 1. The normalized spacial score (nSPS) is 28.3. The van der Waals surface area contributed by atoms with E-state index >= 15 is 0 Å². The van der Waals surface area contributed by atoms with Gasteiger partial charge in [-0.2, -0.15) is 5.26 Å². The van der Waals surface area contributed by atoms with Crippen molar-refractivity contribution in [3.05, 3.63) is 0 Å². The lowest BCUT2D eigenvalue weighted by Gasteiger charge is -2.18. The molecule has 0 aromatic heterocycles. The van der Waals surface area contributed by atoms with Crippen LogP contribution in [0, 0.1) is 22.7 Å². The van der Waals surface area contributed by atoms with Crippen LogP contribution in [0.25, 0.3) is 0 Å². The molecule has 1 aliphatic rings. The van der Waals surface area contributed by atoms with Crippen LogP contribution in [-0.2, 0) is 0 Å². The largest absolute Gasteiger partial charge is 0.313 e. The molecule has 1 aliphatic carbocycles. The van der Waals surface area contributed by atoms with Crippen molar-refractivity contribution in [2.24, 2.45) is 11.3 Å². The minimum absolute atomic E-state index is 0.142. The Kier molecular flexibility index (Phi) is 3.33. The van der Waals surface area contributed by atoms with Gasteiger partial charge in [-0.3, -0.25) is 0 Å². The Morgan fingerprint density at radius 3 is 2.77 bits per heavy atom. The van der Waals surface area contributed by atoms with Gasteiger partial charge in [-0.25, -0.2) is 0 Å². The molecule has 1 fully saturated rings. The highest BCUT2D eigenvalue weighted by atomic mass is 14.9. The Morgan fingerprint density at radius 1 is 1.62 bits per heavy atom. The van der Waals surface area contributed by atoms with Gasteiger partial charge in [0.05, 0.1) is 12.0 Å². The topological polar surface area (TPSA) is 35.8 Å². The SMILES string of the molecule is CC(C#N)CNC1CCC(C)(C)C1. The fraction of sp³-hybridized carbons (Fsp3) is 0.909. The lowest BCUT2D eigenvalue weighted by molar-refractivity contribution is 0.362. The Bertz CT molecular complexity index is 203. The molecular weight excluding hydrogens is 160 g/mol. The molecule has 0 bridgehead atoms. The summed E-state index contributed by atoms with van der Waals surface area (Å²) < 4.78 is 0. The van der Waals surface area contributed by atoms with Gasteiger partial charge in [0.15, 0.2) is 0 Å². The molecule has 1 saturated carbocycles.